The molecule has 0 fully saturated rings. The second kappa shape index (κ2) is 2.62. The molecule has 2 nitrogen and oxygen atoms in total. The van der Waals surface area contributed by atoms with Crippen LogP contribution in [0, 0.1) is 0 Å². The lowest BCUT2D eigenvalue weighted by atomic mass is 9.89. The monoisotopic (exact) mass is 152 g/mol. The second-order valence-electron chi connectivity index (χ2n) is 3.22. The van der Waals surface area contributed by atoms with Crippen molar-refractivity contribution >= 4 is 6.29 Å². The molecular weight excluding hydrogens is 140 g/mol. The van der Waals surface area contributed by atoms with Crippen molar-refractivity contribution in [3.05, 3.63) is 23.3 Å². The van der Waals surface area contributed by atoms with Crippen LogP contribution in [0.4, 0.5) is 0 Å². The Balaban J connectivity index is 2.91. The van der Waals surface area contributed by atoms with Gasteiger partial charge in [-0.2, -0.15) is 0 Å². The second-order valence-corrected chi connectivity index (χ2v) is 3.22. The van der Waals surface area contributed by atoms with Crippen LogP contribution in [-0.2, 0) is 4.79 Å². The van der Waals surface area contributed by atoms with Gasteiger partial charge in [0.15, 0.2) is 0 Å². The molecule has 0 radical (unpaired) electrons. The fourth-order valence-corrected chi connectivity index (χ4v) is 1.25. The highest BCUT2D eigenvalue weighted by atomic mass is 16.3. The zero-order chi connectivity index (χ0) is 8.48. The lowest BCUT2D eigenvalue weighted by Crippen LogP contribution is -2.23. The van der Waals surface area contributed by atoms with Crippen molar-refractivity contribution in [2.24, 2.45) is 0 Å². The molecule has 60 valence electrons. The maximum atomic E-state index is 10.4. The van der Waals surface area contributed by atoms with Gasteiger partial charge in [0.2, 0.25) is 0 Å². The van der Waals surface area contributed by atoms with E-state index in [1.807, 2.05) is 6.92 Å². The summed E-state index contributed by atoms with van der Waals surface area (Å²) < 4.78 is 0. The zero-order valence-electron chi connectivity index (χ0n) is 6.79. The molecule has 2 heteroatoms. The topological polar surface area (TPSA) is 37.3 Å². The molecule has 0 saturated carbocycles. The SMILES string of the molecule is CC1=C(C=O)C=CC(C)(O)C1. The molecule has 1 aliphatic carbocycles. The number of aliphatic hydroxyl groups is 1. The number of rotatable bonds is 1. The van der Waals surface area contributed by atoms with E-state index in [2.05, 4.69) is 0 Å². The molecule has 0 aromatic rings. The molecule has 1 rings (SSSR count). The minimum absolute atomic E-state index is 0.553. The maximum absolute atomic E-state index is 10.4. The Morgan fingerprint density at radius 2 is 2.36 bits per heavy atom. The van der Waals surface area contributed by atoms with Crippen molar-refractivity contribution in [1.82, 2.24) is 0 Å². The van der Waals surface area contributed by atoms with E-state index in [9.17, 15) is 9.90 Å². The van der Waals surface area contributed by atoms with Crippen molar-refractivity contribution in [2.45, 2.75) is 25.9 Å². The number of aldehydes is 1. The lowest BCUT2D eigenvalue weighted by Gasteiger charge is -2.23. The summed E-state index contributed by atoms with van der Waals surface area (Å²) in [6.07, 6.45) is 4.70. The Hall–Kier alpha value is -0.890. The molecule has 0 heterocycles. The summed E-state index contributed by atoms with van der Waals surface area (Å²) in [5, 5.41) is 9.52. The molecule has 0 amide bonds. The molecule has 1 unspecified atom stereocenters. The Morgan fingerprint density at radius 1 is 1.73 bits per heavy atom. The Bertz CT molecular complexity index is 234. The molecule has 0 aliphatic heterocycles. The van der Waals surface area contributed by atoms with E-state index >= 15 is 0 Å². The zero-order valence-corrected chi connectivity index (χ0v) is 6.79. The van der Waals surface area contributed by atoms with Gasteiger partial charge in [0.25, 0.3) is 0 Å². The summed E-state index contributed by atoms with van der Waals surface area (Å²) in [5.41, 5.74) is 0.875. The van der Waals surface area contributed by atoms with Gasteiger partial charge in [-0.15, -0.1) is 0 Å². The molecular formula is C9H12O2. The van der Waals surface area contributed by atoms with Gasteiger partial charge >= 0.3 is 0 Å². The summed E-state index contributed by atoms with van der Waals surface area (Å²) in [7, 11) is 0. The van der Waals surface area contributed by atoms with Gasteiger partial charge in [0.1, 0.15) is 6.29 Å². The summed E-state index contributed by atoms with van der Waals surface area (Å²) in [6, 6.07) is 0. The first-order valence-corrected chi connectivity index (χ1v) is 3.62. The fraction of sp³-hybridized carbons (Fsp3) is 0.444. The van der Waals surface area contributed by atoms with Gasteiger partial charge in [-0.25, -0.2) is 0 Å². The van der Waals surface area contributed by atoms with Crippen molar-refractivity contribution in [1.29, 1.82) is 0 Å². The average Bonchev–Trinajstić information content (AvgIpc) is 1.86. The molecule has 0 aromatic carbocycles. The first-order chi connectivity index (χ1) is 5.05. The number of allylic oxidation sites excluding steroid dienone is 2. The largest absolute Gasteiger partial charge is 0.386 e. The fourth-order valence-electron chi connectivity index (χ4n) is 1.25. The smallest absolute Gasteiger partial charge is 0.149 e. The number of carbonyl (C=O) groups is 1. The van der Waals surface area contributed by atoms with Crippen molar-refractivity contribution in [3.63, 3.8) is 0 Å². The third-order valence-electron chi connectivity index (χ3n) is 1.86. The Kier molecular flexibility index (Phi) is 1.96. The van der Waals surface area contributed by atoms with Crippen LogP contribution in [0.25, 0.3) is 0 Å². The Morgan fingerprint density at radius 3 is 2.82 bits per heavy atom. The standard InChI is InChI=1S/C9H12O2/c1-7-5-9(2,11)4-3-8(7)6-10/h3-4,6,11H,5H2,1-2H3. The maximum Gasteiger partial charge on any atom is 0.149 e. The first kappa shape index (κ1) is 8.21. The van der Waals surface area contributed by atoms with E-state index in [-0.39, 0.29) is 0 Å². The predicted octanol–water partition coefficient (Wildman–Crippen LogP) is 1.21. The number of hydrogen-bond donors (Lipinski definition) is 1. The highest BCUT2D eigenvalue weighted by Crippen LogP contribution is 2.24. The van der Waals surface area contributed by atoms with Crippen molar-refractivity contribution < 1.29 is 9.90 Å². The van der Waals surface area contributed by atoms with Crippen molar-refractivity contribution in [2.75, 3.05) is 0 Å². The third kappa shape index (κ3) is 1.77. The van der Waals surface area contributed by atoms with E-state index in [4.69, 9.17) is 0 Å². The summed E-state index contributed by atoms with van der Waals surface area (Å²) in [4.78, 5) is 10.4. The summed E-state index contributed by atoms with van der Waals surface area (Å²) in [6.45, 7) is 3.59. The van der Waals surface area contributed by atoms with E-state index < -0.39 is 5.60 Å². The van der Waals surface area contributed by atoms with E-state index in [0.29, 0.717) is 12.0 Å². The van der Waals surface area contributed by atoms with Crippen LogP contribution in [0.2, 0.25) is 0 Å². The molecule has 0 spiro atoms. The molecule has 0 bridgehead atoms. The predicted molar refractivity (Wildman–Crippen MR) is 43.1 cm³/mol. The van der Waals surface area contributed by atoms with Gasteiger partial charge in [-0.3, -0.25) is 4.79 Å². The normalized spacial score (nSPS) is 30.8. The van der Waals surface area contributed by atoms with E-state index in [1.165, 1.54) is 0 Å². The van der Waals surface area contributed by atoms with Gasteiger partial charge < -0.3 is 5.11 Å². The molecule has 0 saturated heterocycles. The van der Waals surface area contributed by atoms with Gasteiger partial charge in [-0.1, -0.05) is 17.7 Å². The molecule has 1 aliphatic rings. The third-order valence-corrected chi connectivity index (χ3v) is 1.86. The molecule has 1 atom stereocenters. The lowest BCUT2D eigenvalue weighted by molar-refractivity contribution is -0.104. The van der Waals surface area contributed by atoms with Crippen LogP contribution >= 0.6 is 0 Å². The van der Waals surface area contributed by atoms with Gasteiger partial charge in [0, 0.05) is 12.0 Å². The van der Waals surface area contributed by atoms with Gasteiger partial charge in [-0.05, 0) is 13.8 Å². The first-order valence-electron chi connectivity index (χ1n) is 3.62. The quantitative estimate of drug-likeness (QED) is 0.573. The van der Waals surface area contributed by atoms with Crippen LogP contribution in [0.5, 0.6) is 0 Å². The molecule has 11 heavy (non-hydrogen) atoms. The summed E-state index contributed by atoms with van der Waals surface area (Å²) >= 11 is 0. The number of carbonyl (C=O) groups excluding carboxylic acids is 1. The molecule has 0 aromatic heterocycles. The minimum atomic E-state index is -0.767. The minimum Gasteiger partial charge on any atom is -0.386 e. The average molecular weight is 152 g/mol. The van der Waals surface area contributed by atoms with Crippen LogP contribution in [0.1, 0.15) is 20.3 Å². The van der Waals surface area contributed by atoms with Crippen LogP contribution in [0.15, 0.2) is 23.3 Å². The highest BCUT2D eigenvalue weighted by Gasteiger charge is 2.21. The molecule has 1 N–H and O–H groups in total. The highest BCUT2D eigenvalue weighted by molar-refractivity contribution is 5.79. The van der Waals surface area contributed by atoms with Crippen LogP contribution in [-0.4, -0.2) is 17.0 Å². The summed E-state index contributed by atoms with van der Waals surface area (Å²) in [5.74, 6) is 0. The Labute approximate surface area is 66.2 Å². The van der Waals surface area contributed by atoms with Gasteiger partial charge in [0.05, 0.1) is 5.60 Å². The van der Waals surface area contributed by atoms with Crippen LogP contribution < -0.4 is 0 Å². The van der Waals surface area contributed by atoms with Crippen LogP contribution in [0.3, 0.4) is 0 Å². The van der Waals surface area contributed by atoms with E-state index in [0.717, 1.165) is 11.9 Å². The van der Waals surface area contributed by atoms with Crippen molar-refractivity contribution in [3.8, 4) is 0 Å². The number of hydrogen-bond acceptors (Lipinski definition) is 2. The van der Waals surface area contributed by atoms with E-state index in [1.54, 1.807) is 19.1 Å².